The average molecular weight is 294 g/mol. The van der Waals surface area contributed by atoms with E-state index in [9.17, 15) is 0 Å². The van der Waals surface area contributed by atoms with Crippen LogP contribution in [-0.4, -0.2) is 16.7 Å². The predicted molar refractivity (Wildman–Crippen MR) is 76.3 cm³/mol. The Morgan fingerprint density at radius 3 is 2.90 bits per heavy atom. The molecule has 20 heavy (non-hydrogen) atoms. The second-order valence-corrected chi connectivity index (χ2v) is 5.57. The van der Waals surface area contributed by atoms with E-state index in [0.29, 0.717) is 34.6 Å². The first-order valence-corrected chi connectivity index (χ1v) is 7.00. The van der Waals surface area contributed by atoms with Crippen molar-refractivity contribution in [2.24, 2.45) is 0 Å². The first kappa shape index (κ1) is 13.4. The Morgan fingerprint density at radius 2 is 2.20 bits per heavy atom. The number of ether oxygens (including phenoxy) is 1. The molecule has 0 amide bonds. The first-order valence-electron chi connectivity index (χ1n) is 6.63. The molecule has 0 saturated carbocycles. The third-order valence-corrected chi connectivity index (χ3v) is 3.94. The lowest BCUT2D eigenvalue weighted by Crippen LogP contribution is -2.31. The molecule has 1 atom stereocenters. The van der Waals surface area contributed by atoms with Crippen molar-refractivity contribution >= 4 is 17.3 Å². The van der Waals surface area contributed by atoms with Gasteiger partial charge in [0.1, 0.15) is 5.60 Å². The maximum Gasteiger partial charge on any atom is 0.261 e. The summed E-state index contributed by atoms with van der Waals surface area (Å²) < 4.78 is 11.1. The lowest BCUT2D eigenvalue weighted by molar-refractivity contribution is -0.0770. The molecule has 1 fully saturated rings. The summed E-state index contributed by atoms with van der Waals surface area (Å²) in [7, 11) is 0. The molecule has 106 valence electrons. The van der Waals surface area contributed by atoms with Crippen LogP contribution < -0.4 is 5.73 Å². The summed E-state index contributed by atoms with van der Waals surface area (Å²) in [4.78, 5) is 4.43. The van der Waals surface area contributed by atoms with Crippen molar-refractivity contribution in [2.75, 3.05) is 12.3 Å². The topological polar surface area (TPSA) is 74.2 Å². The first-order chi connectivity index (χ1) is 9.60. The quantitative estimate of drug-likeness (QED) is 0.859. The summed E-state index contributed by atoms with van der Waals surface area (Å²) in [6, 6.07) is 5.28. The van der Waals surface area contributed by atoms with Crippen LogP contribution in [0, 0.1) is 0 Å². The van der Waals surface area contributed by atoms with Crippen LogP contribution in [0.2, 0.25) is 5.02 Å². The monoisotopic (exact) mass is 293 g/mol. The van der Waals surface area contributed by atoms with Gasteiger partial charge in [0.25, 0.3) is 5.89 Å². The second kappa shape index (κ2) is 5.07. The molecule has 0 spiro atoms. The lowest BCUT2D eigenvalue weighted by Gasteiger charge is -2.30. The number of halogens is 1. The highest BCUT2D eigenvalue weighted by Gasteiger charge is 2.35. The third-order valence-electron chi connectivity index (χ3n) is 3.63. The molecule has 2 heterocycles. The zero-order valence-electron chi connectivity index (χ0n) is 11.2. The zero-order chi connectivity index (χ0) is 14.2. The average Bonchev–Trinajstić information content (AvgIpc) is 2.90. The van der Waals surface area contributed by atoms with Gasteiger partial charge in [-0.25, -0.2) is 0 Å². The van der Waals surface area contributed by atoms with Crippen LogP contribution in [0.1, 0.15) is 32.0 Å². The van der Waals surface area contributed by atoms with E-state index in [2.05, 4.69) is 10.1 Å². The Bertz CT molecular complexity index is 600. The number of hydrogen-bond acceptors (Lipinski definition) is 5. The van der Waals surface area contributed by atoms with Gasteiger partial charge in [0, 0.05) is 12.3 Å². The minimum Gasteiger partial charge on any atom is -0.398 e. The number of nitrogens with two attached hydrogens (primary N) is 1. The predicted octanol–water partition coefficient (Wildman–Crippen LogP) is 3.39. The fraction of sp³-hybridized carbons (Fsp3) is 0.429. The number of anilines is 1. The molecule has 0 bridgehead atoms. The molecule has 1 aliphatic heterocycles. The highest BCUT2D eigenvalue weighted by atomic mass is 35.5. The SMILES string of the molecule is CC1(c2noc(-c3c(N)cccc3Cl)n2)CCCCO1. The molecular weight excluding hydrogens is 278 g/mol. The van der Waals surface area contributed by atoms with Crippen molar-refractivity contribution in [3.63, 3.8) is 0 Å². The molecule has 1 saturated heterocycles. The van der Waals surface area contributed by atoms with Crippen LogP contribution in [0.5, 0.6) is 0 Å². The van der Waals surface area contributed by atoms with E-state index in [1.54, 1.807) is 18.2 Å². The van der Waals surface area contributed by atoms with Gasteiger partial charge < -0.3 is 15.0 Å². The largest absolute Gasteiger partial charge is 0.398 e. The third kappa shape index (κ3) is 2.27. The Balaban J connectivity index is 1.98. The van der Waals surface area contributed by atoms with Crippen LogP contribution in [0.25, 0.3) is 11.5 Å². The van der Waals surface area contributed by atoms with Crippen molar-refractivity contribution in [3.8, 4) is 11.5 Å². The number of nitrogen functional groups attached to an aromatic ring is 1. The van der Waals surface area contributed by atoms with Crippen LogP contribution in [-0.2, 0) is 10.3 Å². The summed E-state index contributed by atoms with van der Waals surface area (Å²) in [5.41, 5.74) is 6.53. The van der Waals surface area contributed by atoms with Crippen LogP contribution in [0.3, 0.4) is 0 Å². The van der Waals surface area contributed by atoms with Crippen molar-refractivity contribution in [1.82, 2.24) is 10.1 Å². The van der Waals surface area contributed by atoms with Crippen molar-refractivity contribution in [1.29, 1.82) is 0 Å². The van der Waals surface area contributed by atoms with Gasteiger partial charge in [-0.1, -0.05) is 22.8 Å². The number of aromatic nitrogens is 2. The van der Waals surface area contributed by atoms with Crippen LogP contribution >= 0.6 is 11.6 Å². The van der Waals surface area contributed by atoms with E-state index in [1.165, 1.54) is 0 Å². The molecule has 2 N–H and O–H groups in total. The maximum absolute atomic E-state index is 6.15. The molecule has 1 aromatic carbocycles. The van der Waals surface area contributed by atoms with Crippen LogP contribution in [0.4, 0.5) is 5.69 Å². The van der Waals surface area contributed by atoms with Crippen LogP contribution in [0.15, 0.2) is 22.7 Å². The molecule has 6 heteroatoms. The van der Waals surface area contributed by atoms with Crippen molar-refractivity contribution in [3.05, 3.63) is 29.0 Å². The van der Waals surface area contributed by atoms with Gasteiger partial charge >= 0.3 is 0 Å². The smallest absolute Gasteiger partial charge is 0.261 e. The molecule has 2 aromatic rings. The Morgan fingerprint density at radius 1 is 1.35 bits per heavy atom. The van der Waals surface area contributed by atoms with Gasteiger partial charge in [0.2, 0.25) is 5.82 Å². The van der Waals surface area contributed by atoms with Gasteiger partial charge in [0.15, 0.2) is 0 Å². The van der Waals surface area contributed by atoms with Gasteiger partial charge in [-0.15, -0.1) is 0 Å². The molecule has 1 aromatic heterocycles. The number of rotatable bonds is 2. The summed E-state index contributed by atoms with van der Waals surface area (Å²) >= 11 is 6.15. The van der Waals surface area contributed by atoms with E-state index < -0.39 is 5.60 Å². The number of benzene rings is 1. The summed E-state index contributed by atoms with van der Waals surface area (Å²) in [5, 5.41) is 4.54. The van der Waals surface area contributed by atoms with Gasteiger partial charge in [-0.2, -0.15) is 4.98 Å². The van der Waals surface area contributed by atoms with Gasteiger partial charge in [-0.3, -0.25) is 0 Å². The molecular formula is C14H16ClN3O2. The molecule has 1 unspecified atom stereocenters. The van der Waals surface area contributed by atoms with E-state index in [-0.39, 0.29) is 0 Å². The van der Waals surface area contributed by atoms with Gasteiger partial charge in [0.05, 0.1) is 10.6 Å². The van der Waals surface area contributed by atoms with E-state index in [1.807, 2.05) is 6.92 Å². The van der Waals surface area contributed by atoms with Gasteiger partial charge in [-0.05, 0) is 38.3 Å². The fourth-order valence-electron chi connectivity index (χ4n) is 2.42. The van der Waals surface area contributed by atoms with Crippen molar-refractivity contribution in [2.45, 2.75) is 31.8 Å². The van der Waals surface area contributed by atoms with E-state index in [4.69, 9.17) is 26.6 Å². The molecule has 5 nitrogen and oxygen atoms in total. The van der Waals surface area contributed by atoms with Crippen molar-refractivity contribution < 1.29 is 9.26 Å². The van der Waals surface area contributed by atoms with E-state index in [0.717, 1.165) is 19.3 Å². The summed E-state index contributed by atoms with van der Waals surface area (Å²) in [6.45, 7) is 2.70. The Kier molecular flexibility index (Phi) is 3.40. The molecule has 1 aliphatic rings. The number of hydrogen-bond donors (Lipinski definition) is 1. The highest BCUT2D eigenvalue weighted by molar-refractivity contribution is 6.33. The number of nitrogens with zero attached hydrogens (tertiary/aromatic N) is 2. The summed E-state index contributed by atoms with van der Waals surface area (Å²) in [5.74, 6) is 0.880. The standard InChI is InChI=1S/C14H16ClN3O2/c1-14(7-2-3-8-19-14)13-17-12(20-18-13)11-9(15)5-4-6-10(11)16/h4-6H,2-3,7-8,16H2,1H3. The normalized spacial score (nSPS) is 22.9. The molecule has 0 radical (unpaired) electrons. The Labute approximate surface area is 122 Å². The molecule has 3 rings (SSSR count). The lowest BCUT2D eigenvalue weighted by atomic mass is 9.95. The highest BCUT2D eigenvalue weighted by Crippen LogP contribution is 2.36. The zero-order valence-corrected chi connectivity index (χ0v) is 12.0. The minimum absolute atomic E-state index is 0.332. The maximum atomic E-state index is 6.15. The Hall–Kier alpha value is -1.59. The fourth-order valence-corrected chi connectivity index (χ4v) is 2.68. The summed E-state index contributed by atoms with van der Waals surface area (Å²) in [6.07, 6.45) is 3.04. The minimum atomic E-state index is -0.490. The second-order valence-electron chi connectivity index (χ2n) is 5.16. The molecule has 0 aliphatic carbocycles. The van der Waals surface area contributed by atoms with E-state index >= 15 is 0 Å².